The number of amides is 3. The summed E-state index contributed by atoms with van der Waals surface area (Å²) in [6.45, 7) is 9.22. The van der Waals surface area contributed by atoms with Crippen molar-refractivity contribution in [3.63, 3.8) is 0 Å². The van der Waals surface area contributed by atoms with Crippen LogP contribution in [0.25, 0.3) is 11.4 Å². The Morgan fingerprint density at radius 2 is 1.83 bits per heavy atom. The third-order valence-corrected chi connectivity index (χ3v) is 13.1. The van der Waals surface area contributed by atoms with Crippen LogP contribution in [0, 0.1) is 23.2 Å². The molecule has 3 fully saturated rings. The monoisotopic (exact) mass is 767 g/mol. The van der Waals surface area contributed by atoms with Crippen LogP contribution in [0.15, 0.2) is 58.6 Å². The molecule has 2 heterocycles. The van der Waals surface area contributed by atoms with E-state index in [0.29, 0.717) is 23.6 Å². The van der Waals surface area contributed by atoms with Gasteiger partial charge in [0.25, 0.3) is 15.9 Å². The van der Waals surface area contributed by atoms with Crippen LogP contribution < -0.4 is 20.1 Å². The van der Waals surface area contributed by atoms with Gasteiger partial charge in [0.05, 0.1) is 19.2 Å². The largest absolute Gasteiger partial charge is 0.497 e. The maximum absolute atomic E-state index is 14.6. The first kappa shape index (κ1) is 38.1. The maximum atomic E-state index is 14.6. The molecule has 2 unspecified atom stereocenters. The van der Waals surface area contributed by atoms with Crippen molar-refractivity contribution in [1.29, 1.82) is 0 Å². The lowest BCUT2D eigenvalue weighted by Crippen LogP contribution is -2.55. The molecule has 3 N–H and O–H groups in total. The quantitative estimate of drug-likeness (QED) is 0.199. The predicted octanol–water partition coefficient (Wildman–Crippen LogP) is 4.20. The van der Waals surface area contributed by atoms with Crippen LogP contribution in [-0.4, -0.2) is 77.1 Å². The third kappa shape index (κ3) is 8.15. The molecular weight excluding hydrogens is 723 g/mol. The molecular formula is C36H45N7O8S2. The van der Waals surface area contributed by atoms with E-state index in [-0.39, 0.29) is 35.4 Å². The molecule has 6 rings (SSSR count). The third-order valence-electron chi connectivity index (χ3n) is 10.4. The number of hydrogen-bond acceptors (Lipinski definition) is 12. The Balaban J connectivity index is 1.28. The molecule has 3 aromatic rings. The number of carbonyl (C=O) groups excluding carboxylic acids is 4. The average molecular weight is 768 g/mol. The molecule has 0 aliphatic heterocycles. The first-order valence-corrected chi connectivity index (χ1v) is 20.0. The van der Waals surface area contributed by atoms with Gasteiger partial charge in [0.1, 0.15) is 21.6 Å². The molecule has 0 spiro atoms. The minimum absolute atomic E-state index is 0.0385. The molecule has 1 aromatic carbocycles. The standard InChI is InChI=1S/C36H45N7O8S2/c1-6-9-22-20-36(22,33(46)41-53(48,49)28-12-8-17-52-28)38-32(45)27-19-23(43-40-31(39-42-43)21-13-15-24(50-5)16-14-21)18-26(27)29(44)30(35(2,3)4)37-34(47)51-25-10-7-11-25/h6,8,12-17,22-23,25-27,30H,1,7,9-11,18-20H2,2-5H3,(H,37,47)(H,38,45)(H,41,46)/t22-,23+,26?,27-,30?,36+/m1/s1. The van der Waals surface area contributed by atoms with E-state index in [1.165, 1.54) is 10.9 Å². The van der Waals surface area contributed by atoms with Gasteiger partial charge in [-0.25, -0.2) is 17.9 Å². The maximum Gasteiger partial charge on any atom is 0.408 e. The van der Waals surface area contributed by atoms with Gasteiger partial charge in [-0.3, -0.25) is 14.4 Å². The fraction of sp³-hybridized carbons (Fsp3) is 0.528. The number of hydrogen-bond donors (Lipinski definition) is 3. The number of nitrogens with one attached hydrogen (secondary N) is 3. The average Bonchev–Trinajstić information content (AvgIpc) is 3.61. The summed E-state index contributed by atoms with van der Waals surface area (Å²) in [4.78, 5) is 57.1. The van der Waals surface area contributed by atoms with E-state index >= 15 is 0 Å². The van der Waals surface area contributed by atoms with Gasteiger partial charge in [0, 0.05) is 17.4 Å². The van der Waals surface area contributed by atoms with Crippen molar-refractivity contribution < 1.29 is 37.1 Å². The second-order valence-electron chi connectivity index (χ2n) is 15.1. The Morgan fingerprint density at radius 3 is 2.43 bits per heavy atom. The van der Waals surface area contributed by atoms with Gasteiger partial charge in [0.15, 0.2) is 5.78 Å². The number of methoxy groups -OCH3 is 1. The summed E-state index contributed by atoms with van der Waals surface area (Å²) in [6, 6.07) is 8.49. The number of Topliss-reactive ketones (excluding diaryl/α,β-unsaturated/α-hetero) is 1. The number of ether oxygens (including phenoxy) is 2. The summed E-state index contributed by atoms with van der Waals surface area (Å²) in [5.74, 6) is -3.17. The van der Waals surface area contributed by atoms with Crippen molar-refractivity contribution in [3.05, 3.63) is 54.4 Å². The molecule has 284 valence electrons. The zero-order valence-corrected chi connectivity index (χ0v) is 31.7. The predicted molar refractivity (Wildman–Crippen MR) is 194 cm³/mol. The van der Waals surface area contributed by atoms with Gasteiger partial charge < -0.3 is 20.1 Å². The number of rotatable bonds is 14. The number of tetrazole rings is 1. The Bertz CT molecular complexity index is 1950. The first-order chi connectivity index (χ1) is 25.1. The van der Waals surface area contributed by atoms with Gasteiger partial charge in [-0.2, -0.15) is 4.80 Å². The Hall–Kier alpha value is -4.64. The highest BCUT2D eigenvalue weighted by atomic mass is 32.2. The molecule has 53 heavy (non-hydrogen) atoms. The molecule has 0 bridgehead atoms. The van der Waals surface area contributed by atoms with Crippen molar-refractivity contribution >= 4 is 45.1 Å². The molecule has 15 nitrogen and oxygen atoms in total. The minimum atomic E-state index is -4.19. The number of thiophene rings is 1. The lowest BCUT2D eigenvalue weighted by atomic mass is 9.77. The van der Waals surface area contributed by atoms with E-state index in [0.717, 1.165) is 30.6 Å². The second kappa shape index (κ2) is 15.0. The van der Waals surface area contributed by atoms with Crippen LogP contribution in [0.1, 0.15) is 71.8 Å². The molecule has 3 aliphatic rings. The fourth-order valence-corrected chi connectivity index (χ4v) is 9.09. The van der Waals surface area contributed by atoms with Crippen molar-refractivity contribution in [2.24, 2.45) is 23.2 Å². The number of aromatic nitrogens is 4. The second-order valence-corrected chi connectivity index (χ2v) is 17.9. The van der Waals surface area contributed by atoms with Gasteiger partial charge in [-0.05, 0) is 97.2 Å². The summed E-state index contributed by atoms with van der Waals surface area (Å²) in [6.07, 6.45) is 3.96. The first-order valence-electron chi connectivity index (χ1n) is 17.6. The lowest BCUT2D eigenvalue weighted by molar-refractivity contribution is -0.137. The number of nitrogens with zero attached hydrogens (tertiary/aromatic N) is 4. The van der Waals surface area contributed by atoms with E-state index in [1.807, 2.05) is 20.8 Å². The van der Waals surface area contributed by atoms with Gasteiger partial charge in [-0.1, -0.05) is 32.9 Å². The van der Waals surface area contributed by atoms with Crippen LogP contribution in [0.2, 0.25) is 0 Å². The molecule has 0 radical (unpaired) electrons. The minimum Gasteiger partial charge on any atom is -0.497 e. The zero-order valence-electron chi connectivity index (χ0n) is 30.1. The summed E-state index contributed by atoms with van der Waals surface area (Å²) >= 11 is 0.960. The van der Waals surface area contributed by atoms with Crippen LogP contribution in [0.5, 0.6) is 5.75 Å². The van der Waals surface area contributed by atoms with Crippen LogP contribution in [-0.2, 0) is 29.1 Å². The molecule has 2 aromatic heterocycles. The van der Waals surface area contributed by atoms with Crippen molar-refractivity contribution in [3.8, 4) is 17.1 Å². The van der Waals surface area contributed by atoms with E-state index in [4.69, 9.17) is 9.47 Å². The molecule has 3 saturated carbocycles. The summed E-state index contributed by atoms with van der Waals surface area (Å²) in [7, 11) is -2.63. The van der Waals surface area contributed by atoms with E-state index < -0.39 is 68.7 Å². The van der Waals surface area contributed by atoms with Crippen LogP contribution in [0.4, 0.5) is 4.79 Å². The molecule has 3 aliphatic carbocycles. The smallest absolute Gasteiger partial charge is 0.408 e. The van der Waals surface area contributed by atoms with E-state index in [2.05, 4.69) is 37.3 Å². The van der Waals surface area contributed by atoms with Crippen molar-refractivity contribution in [2.75, 3.05) is 7.11 Å². The van der Waals surface area contributed by atoms with E-state index in [1.54, 1.807) is 48.9 Å². The lowest BCUT2D eigenvalue weighted by Gasteiger charge is -2.34. The van der Waals surface area contributed by atoms with Crippen molar-refractivity contribution in [1.82, 2.24) is 35.6 Å². The van der Waals surface area contributed by atoms with Crippen molar-refractivity contribution in [2.45, 2.75) is 93.7 Å². The molecule has 0 saturated heterocycles. The molecule has 3 amide bonds. The Morgan fingerprint density at radius 1 is 1.11 bits per heavy atom. The van der Waals surface area contributed by atoms with Crippen LogP contribution >= 0.6 is 11.3 Å². The summed E-state index contributed by atoms with van der Waals surface area (Å²) in [5.41, 5.74) is -1.61. The Kier molecular flexibility index (Phi) is 10.8. The number of alkyl carbamates (subject to hydrolysis) is 1. The van der Waals surface area contributed by atoms with Crippen LogP contribution in [0.3, 0.4) is 0 Å². The number of sulfonamides is 1. The Labute approximate surface area is 312 Å². The summed E-state index contributed by atoms with van der Waals surface area (Å²) < 4.78 is 39.0. The van der Waals surface area contributed by atoms with E-state index in [9.17, 15) is 27.6 Å². The number of benzene rings is 1. The molecule has 6 atom stereocenters. The van der Waals surface area contributed by atoms with Gasteiger partial charge in [0.2, 0.25) is 11.7 Å². The summed E-state index contributed by atoms with van der Waals surface area (Å²) in [5, 5.41) is 20.3. The molecule has 17 heteroatoms. The highest BCUT2D eigenvalue weighted by Gasteiger charge is 2.62. The zero-order chi connectivity index (χ0) is 38.1. The van der Waals surface area contributed by atoms with Gasteiger partial charge in [-0.15, -0.1) is 28.1 Å². The highest BCUT2D eigenvalue weighted by Crippen LogP contribution is 2.48. The normalized spacial score (nSPS) is 24.7. The fourth-order valence-electron chi connectivity index (χ4n) is 7.06. The topological polar surface area (TPSA) is 201 Å². The highest BCUT2D eigenvalue weighted by molar-refractivity contribution is 7.92. The number of allylic oxidation sites excluding steroid dienone is 1. The number of carbonyl (C=O) groups is 4. The van der Waals surface area contributed by atoms with Gasteiger partial charge >= 0.3 is 6.09 Å². The SMILES string of the molecule is C=CC[C@@H]1C[C@@]1(NC(=O)[C@@H]1C[C@@H](n2nnc(-c3ccc(OC)cc3)n2)CC1C(=O)C(NC(=O)OC1CCC1)C(C)(C)C)C(=O)NS(=O)(=O)c1cccs1. The number of ketones is 1.